The zero-order valence-corrected chi connectivity index (χ0v) is 17.4. The van der Waals surface area contributed by atoms with Crippen LogP contribution in [0.2, 0.25) is 0 Å². The molecule has 0 aliphatic carbocycles. The first-order chi connectivity index (χ1) is 11.0. The fourth-order valence-electron chi connectivity index (χ4n) is 2.68. The van der Waals surface area contributed by atoms with Gasteiger partial charge in [0.15, 0.2) is 5.78 Å². The topological polar surface area (TPSA) is 37.3 Å². The second-order valence-electron chi connectivity index (χ2n) is 6.24. The molecule has 0 bridgehead atoms. The van der Waals surface area contributed by atoms with E-state index in [2.05, 4.69) is 38.8 Å². The number of benzene rings is 1. The molecule has 0 radical (unpaired) electrons. The maximum absolute atomic E-state index is 12.5. The SMILES string of the molecule is CCCCCCCCCCC(Br)C(=O)c1cc(C)cc(Br)c1O. The van der Waals surface area contributed by atoms with E-state index in [1.165, 1.54) is 44.9 Å². The molecule has 0 aromatic heterocycles. The van der Waals surface area contributed by atoms with E-state index in [0.717, 1.165) is 18.4 Å². The van der Waals surface area contributed by atoms with Crippen LogP contribution in [0.1, 0.15) is 80.6 Å². The third-order valence-corrected chi connectivity index (χ3v) is 5.55. The standard InChI is InChI=1S/C19H28Br2O2/c1-3-4-5-6-7-8-9-10-11-16(20)18(22)15-12-14(2)13-17(21)19(15)23/h12-13,16,23H,3-11H2,1-2H3. The molecule has 0 heterocycles. The van der Waals surface area contributed by atoms with E-state index in [9.17, 15) is 9.90 Å². The van der Waals surface area contributed by atoms with Crippen molar-refractivity contribution in [3.05, 3.63) is 27.7 Å². The van der Waals surface area contributed by atoms with Crippen LogP contribution in [0, 0.1) is 6.92 Å². The van der Waals surface area contributed by atoms with Gasteiger partial charge in [-0.2, -0.15) is 0 Å². The summed E-state index contributed by atoms with van der Waals surface area (Å²) in [6.07, 6.45) is 10.9. The van der Waals surface area contributed by atoms with Crippen molar-refractivity contribution in [1.82, 2.24) is 0 Å². The second kappa shape index (κ2) is 11.2. The summed E-state index contributed by atoms with van der Waals surface area (Å²) in [5.74, 6) is 0.0100. The van der Waals surface area contributed by atoms with Gasteiger partial charge < -0.3 is 5.11 Å². The number of ketones is 1. The van der Waals surface area contributed by atoms with Crippen molar-refractivity contribution >= 4 is 37.6 Å². The van der Waals surface area contributed by atoms with Crippen molar-refractivity contribution in [2.75, 3.05) is 0 Å². The monoisotopic (exact) mass is 446 g/mol. The molecule has 1 aromatic rings. The minimum atomic E-state index is -0.220. The number of rotatable bonds is 11. The number of aromatic hydroxyl groups is 1. The molecule has 130 valence electrons. The summed E-state index contributed by atoms with van der Waals surface area (Å²) < 4.78 is 0.577. The van der Waals surface area contributed by atoms with Crippen molar-refractivity contribution in [1.29, 1.82) is 0 Å². The van der Waals surface area contributed by atoms with E-state index >= 15 is 0 Å². The Morgan fingerprint density at radius 2 is 1.65 bits per heavy atom. The maximum atomic E-state index is 12.5. The summed E-state index contributed by atoms with van der Waals surface area (Å²) in [5.41, 5.74) is 1.36. The molecular formula is C19H28Br2O2. The third kappa shape index (κ3) is 7.38. The summed E-state index contributed by atoms with van der Waals surface area (Å²) in [7, 11) is 0. The number of Topliss-reactive ketones (excluding diaryl/α,β-unsaturated/α-hetero) is 1. The number of carbonyl (C=O) groups is 1. The molecular weight excluding hydrogens is 420 g/mol. The predicted octanol–water partition coefficient (Wildman–Crippen LogP) is 6.94. The molecule has 2 nitrogen and oxygen atoms in total. The molecule has 1 N–H and O–H groups in total. The molecule has 0 amide bonds. The van der Waals surface area contributed by atoms with Gasteiger partial charge in [-0.15, -0.1) is 0 Å². The first-order valence-electron chi connectivity index (χ1n) is 8.64. The van der Waals surface area contributed by atoms with Gasteiger partial charge in [0.05, 0.1) is 14.9 Å². The quantitative estimate of drug-likeness (QED) is 0.226. The summed E-state index contributed by atoms with van der Waals surface area (Å²) in [4.78, 5) is 12.3. The van der Waals surface area contributed by atoms with Gasteiger partial charge in [-0.25, -0.2) is 0 Å². The van der Waals surface area contributed by atoms with Crippen molar-refractivity contribution < 1.29 is 9.90 Å². The number of unbranched alkanes of at least 4 members (excludes halogenated alkanes) is 7. The van der Waals surface area contributed by atoms with Crippen LogP contribution in [0.5, 0.6) is 5.75 Å². The number of carbonyl (C=O) groups excluding carboxylic acids is 1. The van der Waals surface area contributed by atoms with Crippen LogP contribution in [0.15, 0.2) is 16.6 Å². The van der Waals surface area contributed by atoms with Crippen molar-refractivity contribution in [3.63, 3.8) is 0 Å². The van der Waals surface area contributed by atoms with Gasteiger partial charge in [0.1, 0.15) is 5.75 Å². The minimum absolute atomic E-state index is 0.0326. The second-order valence-corrected chi connectivity index (χ2v) is 8.20. The van der Waals surface area contributed by atoms with Gasteiger partial charge in [0.2, 0.25) is 0 Å². The number of alkyl halides is 1. The van der Waals surface area contributed by atoms with Gasteiger partial charge in [-0.1, -0.05) is 74.2 Å². The molecule has 0 saturated heterocycles. The number of hydrogen-bond acceptors (Lipinski definition) is 2. The molecule has 0 spiro atoms. The van der Waals surface area contributed by atoms with Gasteiger partial charge in [-0.05, 0) is 47.0 Å². The Morgan fingerprint density at radius 1 is 1.09 bits per heavy atom. The van der Waals surface area contributed by atoms with Crippen LogP contribution in [-0.2, 0) is 0 Å². The van der Waals surface area contributed by atoms with Gasteiger partial charge in [0.25, 0.3) is 0 Å². The predicted molar refractivity (Wildman–Crippen MR) is 105 cm³/mol. The maximum Gasteiger partial charge on any atom is 0.180 e. The zero-order chi connectivity index (χ0) is 17.2. The highest BCUT2D eigenvalue weighted by Gasteiger charge is 2.21. The van der Waals surface area contributed by atoms with Crippen molar-refractivity contribution in [2.45, 2.75) is 76.5 Å². The van der Waals surface area contributed by atoms with E-state index in [1.807, 2.05) is 13.0 Å². The smallest absolute Gasteiger partial charge is 0.180 e. The molecule has 0 saturated carbocycles. The highest BCUT2D eigenvalue weighted by Crippen LogP contribution is 2.31. The average molecular weight is 448 g/mol. The lowest BCUT2D eigenvalue weighted by molar-refractivity contribution is 0.0985. The average Bonchev–Trinajstić information content (AvgIpc) is 2.52. The summed E-state index contributed by atoms with van der Waals surface area (Å²) >= 11 is 6.79. The summed E-state index contributed by atoms with van der Waals surface area (Å²) in [6.45, 7) is 4.15. The lowest BCUT2D eigenvalue weighted by Crippen LogP contribution is -2.14. The fraction of sp³-hybridized carbons (Fsp3) is 0.632. The van der Waals surface area contributed by atoms with Crippen LogP contribution in [0.25, 0.3) is 0 Å². The molecule has 0 fully saturated rings. The number of phenolic OH excluding ortho intramolecular Hbond substituents is 1. The highest BCUT2D eigenvalue weighted by atomic mass is 79.9. The van der Waals surface area contributed by atoms with E-state index < -0.39 is 0 Å². The molecule has 4 heteroatoms. The number of aryl methyl sites for hydroxylation is 1. The first kappa shape index (κ1) is 20.7. The zero-order valence-electron chi connectivity index (χ0n) is 14.2. The molecule has 1 unspecified atom stereocenters. The Hall–Kier alpha value is -0.350. The Bertz CT molecular complexity index is 500. The Morgan fingerprint density at radius 3 is 2.26 bits per heavy atom. The van der Waals surface area contributed by atoms with E-state index in [0.29, 0.717) is 10.0 Å². The number of phenols is 1. The molecule has 23 heavy (non-hydrogen) atoms. The van der Waals surface area contributed by atoms with Gasteiger partial charge in [0, 0.05) is 0 Å². The first-order valence-corrected chi connectivity index (χ1v) is 10.4. The highest BCUT2D eigenvalue weighted by molar-refractivity contribution is 9.10. The Labute approximate surface area is 157 Å². The summed E-state index contributed by atoms with van der Waals surface area (Å²) in [6, 6.07) is 3.57. The molecule has 1 atom stereocenters. The van der Waals surface area contributed by atoms with Crippen LogP contribution in [0.4, 0.5) is 0 Å². The lowest BCUT2D eigenvalue weighted by atomic mass is 10.0. The third-order valence-electron chi connectivity index (χ3n) is 4.07. The summed E-state index contributed by atoms with van der Waals surface area (Å²) in [5, 5.41) is 10.1. The van der Waals surface area contributed by atoms with Crippen molar-refractivity contribution in [3.8, 4) is 5.75 Å². The van der Waals surface area contributed by atoms with Crippen LogP contribution in [0.3, 0.4) is 0 Å². The molecule has 1 rings (SSSR count). The van der Waals surface area contributed by atoms with Gasteiger partial charge >= 0.3 is 0 Å². The minimum Gasteiger partial charge on any atom is -0.506 e. The van der Waals surface area contributed by atoms with Crippen molar-refractivity contribution in [2.24, 2.45) is 0 Å². The van der Waals surface area contributed by atoms with Crippen LogP contribution >= 0.6 is 31.9 Å². The molecule has 0 aliphatic heterocycles. The molecule has 1 aromatic carbocycles. The Kier molecular flexibility index (Phi) is 10.1. The Balaban J connectivity index is 2.35. The fourth-order valence-corrected chi connectivity index (χ4v) is 3.82. The normalized spacial score (nSPS) is 12.3. The van der Waals surface area contributed by atoms with Crippen LogP contribution in [-0.4, -0.2) is 15.7 Å². The number of hydrogen-bond donors (Lipinski definition) is 1. The van der Waals surface area contributed by atoms with E-state index in [1.54, 1.807) is 6.07 Å². The molecule has 0 aliphatic rings. The number of halogens is 2. The van der Waals surface area contributed by atoms with Gasteiger partial charge in [-0.3, -0.25) is 4.79 Å². The largest absolute Gasteiger partial charge is 0.506 e. The van der Waals surface area contributed by atoms with Crippen LogP contribution < -0.4 is 0 Å². The van der Waals surface area contributed by atoms with E-state index in [4.69, 9.17) is 0 Å². The van der Waals surface area contributed by atoms with E-state index in [-0.39, 0.29) is 16.4 Å². The lowest BCUT2D eigenvalue weighted by Gasteiger charge is -2.12.